The van der Waals surface area contributed by atoms with E-state index in [1.807, 2.05) is 0 Å². The van der Waals surface area contributed by atoms with Gasteiger partial charge in [0, 0.05) is 18.3 Å². The van der Waals surface area contributed by atoms with Gasteiger partial charge in [-0.05, 0) is 61.8 Å². The number of benzene rings is 2. The van der Waals surface area contributed by atoms with Crippen LogP contribution in [-0.2, 0) is 15.0 Å². The Hall–Kier alpha value is -2.62. The maximum absolute atomic E-state index is 10.7. The molecule has 1 aliphatic rings. The van der Waals surface area contributed by atoms with Crippen molar-refractivity contribution in [1.82, 2.24) is 0 Å². The monoisotopic (exact) mass is 562 g/mol. The van der Waals surface area contributed by atoms with Crippen LogP contribution in [0.25, 0.3) is 11.1 Å². The fourth-order valence-corrected chi connectivity index (χ4v) is 6.91. The first kappa shape index (κ1) is 32.9. The minimum atomic E-state index is -0.677. The van der Waals surface area contributed by atoms with Crippen molar-refractivity contribution in [2.24, 2.45) is 0 Å². The minimum Gasteiger partial charge on any atom is -0.481 e. The lowest BCUT2D eigenvalue weighted by Gasteiger charge is -2.33. The Kier molecular flexibility index (Phi) is 13.9. The summed E-state index contributed by atoms with van der Waals surface area (Å²) in [6, 6.07) is 14.2. The normalized spacial score (nSPS) is 13.2. The fraction of sp³-hybridized carbons (Fsp3) is 0.622. The number of carboxylic acids is 2. The van der Waals surface area contributed by atoms with E-state index < -0.39 is 11.9 Å². The van der Waals surface area contributed by atoms with Crippen LogP contribution < -0.4 is 0 Å². The first-order chi connectivity index (χ1) is 19.8. The largest absolute Gasteiger partial charge is 0.481 e. The quantitative estimate of drug-likeness (QED) is 0.140. The van der Waals surface area contributed by atoms with Crippen molar-refractivity contribution in [3.8, 4) is 11.1 Å². The highest BCUT2D eigenvalue weighted by Crippen LogP contribution is 2.54. The molecule has 0 saturated heterocycles. The smallest absolute Gasteiger partial charge is 0.303 e. The van der Waals surface area contributed by atoms with Gasteiger partial charge in [0.15, 0.2) is 0 Å². The predicted molar refractivity (Wildman–Crippen MR) is 170 cm³/mol. The molecule has 0 fully saturated rings. The minimum absolute atomic E-state index is 0.108. The SMILES string of the molecule is Cc1ccc2c(c1)C(CCCCCCCCCCC(=O)O)(CCCCCCCCCCC(=O)O)c1cc(C)ccc1-2. The number of rotatable bonds is 22. The average Bonchev–Trinajstić information content (AvgIpc) is 3.18. The summed E-state index contributed by atoms with van der Waals surface area (Å²) in [5.41, 5.74) is 8.79. The maximum atomic E-state index is 10.7. The number of unbranched alkanes of at least 4 members (excludes halogenated alkanes) is 14. The second kappa shape index (κ2) is 17.4. The summed E-state index contributed by atoms with van der Waals surface area (Å²) in [5.74, 6) is -1.35. The van der Waals surface area contributed by atoms with Gasteiger partial charge >= 0.3 is 11.9 Å². The van der Waals surface area contributed by atoms with Crippen molar-refractivity contribution < 1.29 is 19.8 Å². The lowest BCUT2D eigenvalue weighted by Crippen LogP contribution is -2.25. The molecular formula is C37H54O4. The molecule has 0 heterocycles. The molecule has 0 atom stereocenters. The van der Waals surface area contributed by atoms with Crippen LogP contribution in [0.2, 0.25) is 0 Å². The average molecular weight is 563 g/mol. The van der Waals surface area contributed by atoms with E-state index in [9.17, 15) is 9.59 Å². The van der Waals surface area contributed by atoms with E-state index in [2.05, 4.69) is 50.2 Å². The Bertz CT molecular complexity index is 1010. The molecule has 0 unspecified atom stereocenters. The van der Waals surface area contributed by atoms with Crippen LogP contribution in [0.3, 0.4) is 0 Å². The van der Waals surface area contributed by atoms with Gasteiger partial charge in [-0.3, -0.25) is 9.59 Å². The molecule has 4 nitrogen and oxygen atoms in total. The van der Waals surface area contributed by atoms with Gasteiger partial charge in [0.25, 0.3) is 0 Å². The lowest BCUT2D eigenvalue weighted by molar-refractivity contribution is -0.138. The van der Waals surface area contributed by atoms with Gasteiger partial charge in [0.1, 0.15) is 0 Å². The Morgan fingerprint density at radius 2 is 0.829 bits per heavy atom. The number of carboxylic acid groups (broad SMARTS) is 2. The third-order valence-electron chi connectivity index (χ3n) is 9.16. The van der Waals surface area contributed by atoms with E-state index in [1.54, 1.807) is 11.1 Å². The lowest BCUT2D eigenvalue weighted by atomic mass is 9.70. The molecule has 0 amide bonds. The van der Waals surface area contributed by atoms with Crippen molar-refractivity contribution in [2.75, 3.05) is 0 Å². The Morgan fingerprint density at radius 1 is 0.512 bits per heavy atom. The zero-order valence-corrected chi connectivity index (χ0v) is 25.8. The van der Waals surface area contributed by atoms with E-state index >= 15 is 0 Å². The van der Waals surface area contributed by atoms with Crippen LogP contribution in [0.15, 0.2) is 36.4 Å². The van der Waals surface area contributed by atoms with Crippen molar-refractivity contribution in [1.29, 1.82) is 0 Å². The molecule has 0 bridgehead atoms. The Balaban J connectivity index is 1.56. The van der Waals surface area contributed by atoms with Crippen LogP contribution >= 0.6 is 0 Å². The van der Waals surface area contributed by atoms with Gasteiger partial charge in [-0.2, -0.15) is 0 Å². The highest BCUT2D eigenvalue weighted by molar-refractivity contribution is 5.81. The molecule has 0 aromatic heterocycles. The molecule has 3 rings (SSSR count). The van der Waals surface area contributed by atoms with Crippen LogP contribution in [0.1, 0.15) is 151 Å². The molecule has 0 radical (unpaired) electrons. The maximum Gasteiger partial charge on any atom is 0.303 e. The fourth-order valence-electron chi connectivity index (χ4n) is 6.91. The van der Waals surface area contributed by atoms with Crippen LogP contribution in [0.4, 0.5) is 0 Å². The van der Waals surface area contributed by atoms with Crippen LogP contribution in [-0.4, -0.2) is 22.2 Å². The van der Waals surface area contributed by atoms with Gasteiger partial charge in [-0.1, -0.05) is 137 Å². The first-order valence-corrected chi connectivity index (χ1v) is 16.5. The highest BCUT2D eigenvalue weighted by atomic mass is 16.4. The molecule has 2 aromatic carbocycles. The second-order valence-electron chi connectivity index (χ2n) is 12.6. The summed E-state index contributed by atoms with van der Waals surface area (Å²) in [5, 5.41) is 17.6. The predicted octanol–water partition coefficient (Wildman–Crippen LogP) is 10.5. The summed E-state index contributed by atoms with van der Waals surface area (Å²) in [6.07, 6.45) is 21.5. The second-order valence-corrected chi connectivity index (χ2v) is 12.6. The van der Waals surface area contributed by atoms with E-state index in [0.29, 0.717) is 12.8 Å². The molecule has 1 aliphatic carbocycles. The Labute approximate surface area is 249 Å². The van der Waals surface area contributed by atoms with E-state index in [4.69, 9.17) is 10.2 Å². The van der Waals surface area contributed by atoms with Gasteiger partial charge < -0.3 is 10.2 Å². The zero-order chi connectivity index (χ0) is 29.5. The summed E-state index contributed by atoms with van der Waals surface area (Å²) < 4.78 is 0. The summed E-state index contributed by atoms with van der Waals surface area (Å²) in [6.45, 7) is 4.46. The highest BCUT2D eigenvalue weighted by Gasteiger charge is 2.42. The zero-order valence-electron chi connectivity index (χ0n) is 25.8. The molecule has 0 spiro atoms. The molecule has 4 heteroatoms. The summed E-state index contributed by atoms with van der Waals surface area (Å²) in [4.78, 5) is 21.4. The van der Waals surface area contributed by atoms with Crippen molar-refractivity contribution in [3.63, 3.8) is 0 Å². The van der Waals surface area contributed by atoms with Gasteiger partial charge in [0.2, 0.25) is 0 Å². The number of hydrogen-bond acceptors (Lipinski definition) is 2. The molecule has 0 saturated carbocycles. The van der Waals surface area contributed by atoms with Crippen LogP contribution in [0, 0.1) is 13.8 Å². The molecule has 0 aliphatic heterocycles. The van der Waals surface area contributed by atoms with Gasteiger partial charge in [0.05, 0.1) is 0 Å². The third-order valence-corrected chi connectivity index (χ3v) is 9.16. The first-order valence-electron chi connectivity index (χ1n) is 16.5. The summed E-state index contributed by atoms with van der Waals surface area (Å²) in [7, 11) is 0. The van der Waals surface area contributed by atoms with Crippen molar-refractivity contribution in [2.45, 2.75) is 148 Å². The number of hydrogen-bond donors (Lipinski definition) is 2. The third kappa shape index (κ3) is 10.3. The molecule has 41 heavy (non-hydrogen) atoms. The molecule has 2 N–H and O–H groups in total. The topological polar surface area (TPSA) is 74.6 Å². The van der Waals surface area contributed by atoms with Crippen molar-refractivity contribution in [3.05, 3.63) is 58.7 Å². The Morgan fingerprint density at radius 3 is 1.17 bits per heavy atom. The van der Waals surface area contributed by atoms with Gasteiger partial charge in [-0.15, -0.1) is 0 Å². The number of fused-ring (bicyclic) bond motifs is 3. The molecular weight excluding hydrogens is 508 g/mol. The van der Waals surface area contributed by atoms with E-state index in [0.717, 1.165) is 38.5 Å². The van der Waals surface area contributed by atoms with E-state index in [-0.39, 0.29) is 5.41 Å². The van der Waals surface area contributed by atoms with Crippen molar-refractivity contribution >= 4 is 11.9 Å². The molecule has 226 valence electrons. The number of aryl methyl sites for hydroxylation is 2. The summed E-state index contributed by atoms with van der Waals surface area (Å²) >= 11 is 0. The number of aliphatic carboxylic acids is 2. The van der Waals surface area contributed by atoms with E-state index in [1.165, 1.54) is 99.3 Å². The van der Waals surface area contributed by atoms with Gasteiger partial charge in [-0.25, -0.2) is 0 Å². The van der Waals surface area contributed by atoms with Crippen LogP contribution in [0.5, 0.6) is 0 Å². The number of carbonyl (C=O) groups is 2. The standard InChI is InChI=1S/C37H54O4/c1-29-21-23-31-32-24-22-30(2)28-34(32)37(33(31)27-29,25-17-13-9-5-3-7-11-15-19-35(38)39)26-18-14-10-6-4-8-12-16-20-36(40)41/h21-24,27-28H,3-20,25-26H2,1-2H3,(H,38,39)(H,40,41). The molecule has 2 aromatic rings.